The first kappa shape index (κ1) is 71.3. The summed E-state index contributed by atoms with van der Waals surface area (Å²) in [5.74, 6) is 2.48. The quantitative estimate of drug-likeness (QED) is 0.135. The molecular weight excluding hydrogens is 1450 g/mol. The number of para-hydroxylation sites is 2. The molecule has 0 aliphatic heterocycles. The van der Waals surface area contributed by atoms with Gasteiger partial charge in [0.1, 0.15) is 11.4 Å². The third-order valence-corrected chi connectivity index (χ3v) is 24.1. The second kappa shape index (κ2) is 27.3. The summed E-state index contributed by atoms with van der Waals surface area (Å²) >= 11 is 6.33. The zero-order valence-corrected chi connectivity index (χ0v) is 65.4. The molecule has 4 aliphatic rings. The summed E-state index contributed by atoms with van der Waals surface area (Å²) in [5, 5.41) is 25.9. The molecule has 0 unspecified atom stereocenters. The minimum atomic E-state index is -1.51. The van der Waals surface area contributed by atoms with E-state index in [-0.39, 0.29) is 26.9 Å². The number of aromatic nitrogens is 14. The molecule has 0 bridgehead atoms. The Hall–Kier alpha value is -13.7. The van der Waals surface area contributed by atoms with Crippen molar-refractivity contribution in [2.45, 2.75) is 77.0 Å². The molecule has 10 aromatic heterocycles. The third kappa shape index (κ3) is 11.7. The lowest BCUT2D eigenvalue weighted by atomic mass is 9.76. The van der Waals surface area contributed by atoms with Gasteiger partial charge in [-0.15, -0.1) is 0 Å². The monoisotopic (exact) mass is 1520 g/mol. The SMILES string of the molecule is CC1(C)c2cc3c(cc2-c2ncccc21)C(C)(C)c1cc(-c2nc(-c4cc(-c5cccc6ccccc56)ccn4)nc(-c4ccnc5ccccc45)n2)cnc1-3.CC1(C)c2cc3c(cc2-c2ncccc21)C(C)(C)c1cc(B(O)O)cnc1-3.Clc1nc(-c2cc(-c3cccc4ccccc34)ccn2)nc(-c2ccnc3ccccc23)n1. The molecule has 0 radical (unpaired) electrons. The molecule has 116 heavy (non-hydrogen) atoms. The van der Waals surface area contributed by atoms with Crippen molar-refractivity contribution in [3.8, 4) is 124 Å². The molecule has 0 saturated heterocycles. The number of benzene rings is 8. The Labute approximate surface area is 674 Å². The van der Waals surface area contributed by atoms with Crippen LogP contribution in [0.15, 0.2) is 280 Å². The van der Waals surface area contributed by atoms with Gasteiger partial charge in [0.05, 0.1) is 33.8 Å². The van der Waals surface area contributed by atoms with E-state index < -0.39 is 7.12 Å². The van der Waals surface area contributed by atoms with Crippen LogP contribution in [0.4, 0.5) is 0 Å². The Bertz CT molecular complexity index is 7130. The Morgan fingerprint density at radius 3 is 1.16 bits per heavy atom. The third-order valence-electron chi connectivity index (χ3n) is 23.9. The van der Waals surface area contributed by atoms with Gasteiger partial charge in [0.2, 0.25) is 5.28 Å². The van der Waals surface area contributed by atoms with Gasteiger partial charge in [-0.25, -0.2) is 19.9 Å². The molecule has 0 amide bonds. The van der Waals surface area contributed by atoms with E-state index in [9.17, 15) is 10.0 Å². The Balaban J connectivity index is 0.000000123. The number of rotatable bonds is 8. The van der Waals surface area contributed by atoms with Gasteiger partial charge >= 0.3 is 7.12 Å². The average molecular weight is 1520 g/mol. The molecule has 16 nitrogen and oxygen atoms in total. The van der Waals surface area contributed by atoms with Gasteiger partial charge in [-0.3, -0.25) is 39.9 Å². The van der Waals surface area contributed by atoms with E-state index in [0.29, 0.717) is 46.0 Å². The molecule has 18 heteroatoms. The van der Waals surface area contributed by atoms with Crippen LogP contribution in [-0.2, 0) is 21.7 Å². The van der Waals surface area contributed by atoms with E-state index >= 15 is 0 Å². The minimum Gasteiger partial charge on any atom is -0.423 e. The Morgan fingerprint density at radius 1 is 0.267 bits per heavy atom. The second-order valence-electron chi connectivity index (χ2n) is 32.1. The highest BCUT2D eigenvalue weighted by Gasteiger charge is 2.45. The van der Waals surface area contributed by atoms with E-state index in [1.807, 2.05) is 134 Å². The van der Waals surface area contributed by atoms with Crippen molar-refractivity contribution in [2.75, 3.05) is 0 Å². The first-order valence-electron chi connectivity index (χ1n) is 38.7. The molecule has 10 heterocycles. The van der Waals surface area contributed by atoms with Gasteiger partial charge in [0, 0.05) is 126 Å². The van der Waals surface area contributed by atoms with Crippen LogP contribution in [0.1, 0.15) is 99.9 Å². The first-order valence-corrected chi connectivity index (χ1v) is 39.1. The van der Waals surface area contributed by atoms with Crippen LogP contribution in [0, 0.1) is 0 Å². The van der Waals surface area contributed by atoms with Crippen molar-refractivity contribution in [3.05, 3.63) is 330 Å². The van der Waals surface area contributed by atoms with Gasteiger partial charge in [-0.2, -0.15) is 9.97 Å². The van der Waals surface area contributed by atoms with Crippen LogP contribution in [-0.4, -0.2) is 86.9 Å². The zero-order chi connectivity index (χ0) is 79.1. The van der Waals surface area contributed by atoms with E-state index in [2.05, 4.69) is 218 Å². The predicted molar refractivity (Wildman–Crippen MR) is 462 cm³/mol. The van der Waals surface area contributed by atoms with Crippen molar-refractivity contribution in [1.29, 1.82) is 0 Å². The smallest absolute Gasteiger partial charge is 0.423 e. The fourth-order valence-electron chi connectivity index (χ4n) is 17.8. The molecule has 2 N–H and O–H groups in total. The lowest BCUT2D eigenvalue weighted by Gasteiger charge is -2.24. The van der Waals surface area contributed by atoms with Crippen LogP contribution < -0.4 is 5.46 Å². The van der Waals surface area contributed by atoms with Gasteiger partial charge in [-0.05, 0) is 191 Å². The molecule has 4 aliphatic carbocycles. The average Bonchev–Trinajstić information content (AvgIpc) is 1.55. The number of hydrogen-bond donors (Lipinski definition) is 2. The lowest BCUT2D eigenvalue weighted by molar-refractivity contribution is 0.425. The molecule has 22 rings (SSSR count). The predicted octanol–water partition coefficient (Wildman–Crippen LogP) is 20.4. The van der Waals surface area contributed by atoms with E-state index in [1.165, 1.54) is 71.6 Å². The van der Waals surface area contributed by atoms with Gasteiger partial charge < -0.3 is 10.0 Å². The maximum Gasteiger partial charge on any atom is 0.490 e. The minimum absolute atomic E-state index is 0.109. The van der Waals surface area contributed by atoms with Gasteiger partial charge in [0.15, 0.2) is 29.1 Å². The van der Waals surface area contributed by atoms with Crippen molar-refractivity contribution >= 4 is 67.5 Å². The van der Waals surface area contributed by atoms with Gasteiger partial charge in [-0.1, -0.05) is 195 Å². The van der Waals surface area contributed by atoms with Crippen molar-refractivity contribution in [3.63, 3.8) is 0 Å². The Kier molecular flexibility index (Phi) is 16.8. The number of hydrogen-bond acceptors (Lipinski definition) is 16. The van der Waals surface area contributed by atoms with Crippen molar-refractivity contribution in [2.24, 2.45) is 0 Å². The van der Waals surface area contributed by atoms with Crippen molar-refractivity contribution in [1.82, 2.24) is 69.8 Å². The highest BCUT2D eigenvalue weighted by atomic mass is 35.5. The molecule has 0 fully saturated rings. The van der Waals surface area contributed by atoms with Crippen LogP contribution >= 0.6 is 11.6 Å². The fraction of sp³-hybridized carbons (Fsp3) is 0.122. The maximum absolute atomic E-state index is 9.56. The molecule has 0 spiro atoms. The largest absolute Gasteiger partial charge is 0.490 e. The van der Waals surface area contributed by atoms with Crippen molar-refractivity contribution < 1.29 is 10.0 Å². The number of pyridine rings is 8. The molecule has 0 atom stereocenters. The fourth-order valence-corrected chi connectivity index (χ4v) is 17.9. The molecule has 0 saturated carbocycles. The van der Waals surface area contributed by atoms with E-state index in [0.717, 1.165) is 100 Å². The summed E-state index contributed by atoms with van der Waals surface area (Å²) in [6, 6.07) is 79.1. The molecule has 8 aromatic carbocycles. The van der Waals surface area contributed by atoms with Crippen LogP contribution in [0.2, 0.25) is 5.28 Å². The zero-order valence-electron chi connectivity index (χ0n) is 64.7. The lowest BCUT2D eigenvalue weighted by Crippen LogP contribution is -2.31. The van der Waals surface area contributed by atoms with E-state index in [1.54, 1.807) is 18.6 Å². The first-order chi connectivity index (χ1) is 56.2. The standard InChI is InChI=1S/C49H35N7.C27H16ClN5.C22H21BN2O2/c1-48(2)37-16-10-20-52-43(37)35-25-39-36(26-38(35)48)44-40(49(39,3)4)23-30(27-53-44)45-54-46(34-19-22-50-41-17-8-7-14-33(34)41)56-47(55-45)42-24-29(18-21-51-42)32-15-9-12-28-11-5-6-13-31(28)32;28-27-32-25(22-13-15-29-23-11-4-3-9-21(22)23)31-26(33-27)24-16-18(12-14-30-24)20-10-5-7-17-6-1-2-8-19(17)20;1-21(2)15-6-5-7-24-19(15)13-9-17-14(10-16(13)21)20-18(22(17,3)4)8-12(11-25-20)23(26)27/h5-27H,1-4H3;1-16H;5-11,26-27H,1-4H3. The summed E-state index contributed by atoms with van der Waals surface area (Å²) in [6.45, 7) is 18.0. The van der Waals surface area contributed by atoms with Crippen LogP contribution in [0.3, 0.4) is 0 Å². The highest BCUT2D eigenvalue weighted by Crippen LogP contribution is 2.57. The van der Waals surface area contributed by atoms with Crippen LogP contribution in [0.25, 0.3) is 168 Å². The summed E-state index contributed by atoms with van der Waals surface area (Å²) in [7, 11) is -1.51. The Morgan fingerprint density at radius 2 is 0.655 bits per heavy atom. The topological polar surface area (TPSA) is 221 Å². The van der Waals surface area contributed by atoms with Gasteiger partial charge in [0.25, 0.3) is 0 Å². The highest BCUT2D eigenvalue weighted by molar-refractivity contribution is 6.58. The van der Waals surface area contributed by atoms with Crippen LogP contribution in [0.5, 0.6) is 0 Å². The molecule has 18 aromatic rings. The second-order valence-corrected chi connectivity index (χ2v) is 32.4. The summed E-state index contributed by atoms with van der Waals surface area (Å²) in [4.78, 5) is 66.6. The number of halogens is 1. The maximum atomic E-state index is 9.56. The summed E-state index contributed by atoms with van der Waals surface area (Å²) in [6.07, 6.45) is 14.4. The number of fused-ring (bicyclic) bond motifs is 16. The molecule has 556 valence electrons. The number of nitrogens with zero attached hydrogens (tertiary/aromatic N) is 14. The molecular formula is C98H72BClN14O2. The normalized spacial score (nSPS) is 14.1. The summed E-state index contributed by atoms with van der Waals surface area (Å²) < 4.78 is 0. The van der Waals surface area contributed by atoms with E-state index in [4.69, 9.17) is 46.5 Å². The summed E-state index contributed by atoms with van der Waals surface area (Å²) in [5.41, 5.74) is 27.9.